The molecule has 1 heteroatoms. The molecule has 0 aliphatic heterocycles. The van der Waals surface area contributed by atoms with E-state index in [0.29, 0.717) is 12.3 Å². The highest BCUT2D eigenvalue weighted by Gasteiger charge is 2.20. The number of allylic oxidation sites excluding steroid dienone is 1. The fourth-order valence-electron chi connectivity index (χ4n) is 1.23. The van der Waals surface area contributed by atoms with Crippen LogP contribution >= 0.6 is 0 Å². The molecule has 0 radical (unpaired) electrons. The lowest BCUT2D eigenvalue weighted by atomic mass is 9.87. The van der Waals surface area contributed by atoms with Crippen LogP contribution in [0.2, 0.25) is 0 Å². The predicted octanol–water partition coefficient (Wildman–Crippen LogP) is 2.70. The largest absolute Gasteiger partial charge is 0.243 e. The molecule has 2 unspecified atom stereocenters. The summed E-state index contributed by atoms with van der Waals surface area (Å²) < 4.78 is 12.7. The second-order valence-corrected chi connectivity index (χ2v) is 3.01. The van der Waals surface area contributed by atoms with Crippen LogP contribution in [0.4, 0.5) is 4.39 Å². The van der Waals surface area contributed by atoms with Crippen LogP contribution in [0.1, 0.15) is 26.2 Å². The molecule has 0 amide bonds. The normalized spacial score (nSPS) is 36.9. The molecule has 0 bridgehead atoms. The Bertz CT molecular complexity index is 118. The lowest BCUT2D eigenvalue weighted by molar-refractivity contribution is 0.268. The number of rotatable bonds is 0. The summed E-state index contributed by atoms with van der Waals surface area (Å²) in [5.41, 5.74) is 0.799. The van der Waals surface area contributed by atoms with Crippen molar-refractivity contribution >= 4 is 0 Å². The summed E-state index contributed by atoms with van der Waals surface area (Å²) in [5.74, 6) is 0.561. The quantitative estimate of drug-likeness (QED) is 0.440. The van der Waals surface area contributed by atoms with Crippen LogP contribution in [0, 0.1) is 5.92 Å². The minimum atomic E-state index is -0.714. The average molecular weight is 128 g/mol. The molecule has 0 spiro atoms. The van der Waals surface area contributed by atoms with E-state index in [0.717, 1.165) is 18.4 Å². The summed E-state index contributed by atoms with van der Waals surface area (Å²) in [7, 11) is 0. The van der Waals surface area contributed by atoms with E-state index in [1.165, 1.54) is 0 Å². The highest BCUT2D eigenvalue weighted by Crippen LogP contribution is 2.28. The van der Waals surface area contributed by atoms with Crippen LogP contribution < -0.4 is 0 Å². The van der Waals surface area contributed by atoms with Gasteiger partial charge in [-0.1, -0.05) is 13.5 Å². The van der Waals surface area contributed by atoms with Crippen LogP contribution in [-0.2, 0) is 0 Å². The molecule has 52 valence electrons. The molecule has 1 fully saturated rings. The van der Waals surface area contributed by atoms with Crippen molar-refractivity contribution in [3.8, 4) is 0 Å². The van der Waals surface area contributed by atoms with Crippen LogP contribution in [0.25, 0.3) is 0 Å². The van der Waals surface area contributed by atoms with Gasteiger partial charge >= 0.3 is 0 Å². The van der Waals surface area contributed by atoms with Gasteiger partial charge < -0.3 is 0 Å². The molecule has 0 saturated heterocycles. The minimum absolute atomic E-state index is 0.561. The van der Waals surface area contributed by atoms with E-state index < -0.39 is 6.17 Å². The summed E-state index contributed by atoms with van der Waals surface area (Å²) in [6, 6.07) is 0. The van der Waals surface area contributed by atoms with Gasteiger partial charge in [-0.05, 0) is 30.8 Å². The smallest absolute Gasteiger partial charge is 0.121 e. The Morgan fingerprint density at radius 3 is 2.78 bits per heavy atom. The third kappa shape index (κ3) is 1.54. The number of hydrogen-bond acceptors (Lipinski definition) is 0. The summed E-state index contributed by atoms with van der Waals surface area (Å²) in [6.45, 7) is 5.75. The SMILES string of the molecule is C=C1CCC(C)CC1F. The zero-order chi connectivity index (χ0) is 6.85. The molecule has 0 heterocycles. The Morgan fingerprint density at radius 2 is 2.33 bits per heavy atom. The zero-order valence-corrected chi connectivity index (χ0v) is 5.86. The topological polar surface area (TPSA) is 0 Å². The lowest BCUT2D eigenvalue weighted by Gasteiger charge is -2.22. The van der Waals surface area contributed by atoms with Gasteiger partial charge in [0.25, 0.3) is 0 Å². The fraction of sp³-hybridized carbons (Fsp3) is 0.750. The standard InChI is InChI=1S/C8H13F/c1-6-3-4-7(2)8(9)5-6/h6,8H,2-5H2,1H3. The first-order valence-corrected chi connectivity index (χ1v) is 3.52. The molecule has 1 aliphatic rings. The monoisotopic (exact) mass is 128 g/mol. The zero-order valence-electron chi connectivity index (χ0n) is 5.86. The Hall–Kier alpha value is -0.330. The van der Waals surface area contributed by atoms with Crippen LogP contribution in [-0.4, -0.2) is 6.17 Å². The van der Waals surface area contributed by atoms with Crippen molar-refractivity contribution in [3.05, 3.63) is 12.2 Å². The van der Waals surface area contributed by atoms with Gasteiger partial charge in [-0.15, -0.1) is 0 Å². The van der Waals surface area contributed by atoms with Crippen LogP contribution in [0.3, 0.4) is 0 Å². The molecule has 0 N–H and O–H groups in total. The Labute approximate surface area is 55.8 Å². The van der Waals surface area contributed by atoms with Crippen molar-refractivity contribution in [3.63, 3.8) is 0 Å². The van der Waals surface area contributed by atoms with Gasteiger partial charge in [0.15, 0.2) is 0 Å². The Balaban J connectivity index is 2.44. The number of hydrogen-bond donors (Lipinski definition) is 0. The summed E-state index contributed by atoms with van der Waals surface area (Å²) in [6.07, 6.45) is 1.99. The van der Waals surface area contributed by atoms with E-state index in [1.807, 2.05) is 0 Å². The second kappa shape index (κ2) is 2.51. The number of halogens is 1. The van der Waals surface area contributed by atoms with Gasteiger partial charge in [-0.2, -0.15) is 0 Å². The number of alkyl halides is 1. The summed E-state index contributed by atoms with van der Waals surface area (Å²) in [5, 5.41) is 0. The van der Waals surface area contributed by atoms with Crippen molar-refractivity contribution in [1.29, 1.82) is 0 Å². The van der Waals surface area contributed by atoms with Gasteiger partial charge in [0, 0.05) is 0 Å². The molecular formula is C8H13F. The van der Waals surface area contributed by atoms with Gasteiger partial charge in [-0.3, -0.25) is 0 Å². The molecule has 1 aliphatic carbocycles. The fourth-order valence-corrected chi connectivity index (χ4v) is 1.23. The first kappa shape index (κ1) is 6.79. The van der Waals surface area contributed by atoms with Crippen LogP contribution in [0.15, 0.2) is 12.2 Å². The second-order valence-electron chi connectivity index (χ2n) is 3.01. The van der Waals surface area contributed by atoms with E-state index in [1.54, 1.807) is 0 Å². The van der Waals surface area contributed by atoms with Crippen LogP contribution in [0.5, 0.6) is 0 Å². The molecule has 0 aromatic carbocycles. The van der Waals surface area contributed by atoms with Crippen molar-refractivity contribution in [2.75, 3.05) is 0 Å². The van der Waals surface area contributed by atoms with Gasteiger partial charge in [0.05, 0.1) is 0 Å². The van der Waals surface area contributed by atoms with Gasteiger partial charge in [0.1, 0.15) is 6.17 Å². The lowest BCUT2D eigenvalue weighted by Crippen LogP contribution is -2.15. The molecule has 0 aromatic rings. The minimum Gasteiger partial charge on any atom is -0.243 e. The highest BCUT2D eigenvalue weighted by molar-refractivity contribution is 5.05. The predicted molar refractivity (Wildman–Crippen MR) is 37.1 cm³/mol. The maximum atomic E-state index is 12.7. The molecular weight excluding hydrogens is 115 g/mol. The van der Waals surface area contributed by atoms with Gasteiger partial charge in [0.2, 0.25) is 0 Å². The van der Waals surface area contributed by atoms with E-state index in [9.17, 15) is 4.39 Å². The third-order valence-electron chi connectivity index (χ3n) is 2.01. The van der Waals surface area contributed by atoms with E-state index in [-0.39, 0.29) is 0 Å². The van der Waals surface area contributed by atoms with Crippen molar-refractivity contribution < 1.29 is 4.39 Å². The van der Waals surface area contributed by atoms with E-state index >= 15 is 0 Å². The summed E-state index contributed by atoms with van der Waals surface area (Å²) in [4.78, 5) is 0. The third-order valence-corrected chi connectivity index (χ3v) is 2.01. The molecule has 1 saturated carbocycles. The Morgan fingerprint density at radius 1 is 1.67 bits per heavy atom. The average Bonchev–Trinajstić information content (AvgIpc) is 1.80. The maximum absolute atomic E-state index is 12.7. The highest BCUT2D eigenvalue weighted by atomic mass is 19.1. The van der Waals surface area contributed by atoms with Crippen molar-refractivity contribution in [2.45, 2.75) is 32.4 Å². The van der Waals surface area contributed by atoms with Crippen molar-refractivity contribution in [1.82, 2.24) is 0 Å². The summed E-state index contributed by atoms with van der Waals surface area (Å²) >= 11 is 0. The van der Waals surface area contributed by atoms with E-state index in [4.69, 9.17) is 0 Å². The Kier molecular flexibility index (Phi) is 1.89. The molecule has 9 heavy (non-hydrogen) atoms. The molecule has 1 rings (SSSR count). The first-order valence-electron chi connectivity index (χ1n) is 3.52. The molecule has 0 aromatic heterocycles. The first-order chi connectivity index (χ1) is 4.20. The van der Waals surface area contributed by atoms with E-state index in [2.05, 4.69) is 13.5 Å². The van der Waals surface area contributed by atoms with Crippen molar-refractivity contribution in [2.24, 2.45) is 5.92 Å². The molecule has 0 nitrogen and oxygen atoms in total. The van der Waals surface area contributed by atoms with Gasteiger partial charge in [-0.25, -0.2) is 4.39 Å². The molecule has 2 atom stereocenters. The maximum Gasteiger partial charge on any atom is 0.121 e.